The molecule has 1 aromatic carbocycles. The molecule has 112 valence electrons. The fraction of sp³-hybridized carbons (Fsp3) is 0.444. The van der Waals surface area contributed by atoms with Crippen molar-refractivity contribution in [1.29, 1.82) is 0 Å². The lowest BCUT2D eigenvalue weighted by molar-refractivity contribution is 0.303. The Hall–Kier alpha value is -1.74. The zero-order valence-electron chi connectivity index (χ0n) is 12.8. The second-order valence-electron chi connectivity index (χ2n) is 5.72. The maximum Gasteiger partial charge on any atom is 0.125 e. The molecule has 21 heavy (non-hydrogen) atoms. The summed E-state index contributed by atoms with van der Waals surface area (Å²) in [6.45, 7) is 5.11. The lowest BCUT2D eigenvalue weighted by Crippen LogP contribution is -2.22. The third kappa shape index (κ3) is 3.67. The SMILES string of the molecule is CCCNC(c1ccc(OC2CC2)cc1)c1ccc(C)o1. The second kappa shape index (κ2) is 6.35. The van der Waals surface area contributed by atoms with Crippen LogP contribution in [0, 0.1) is 6.92 Å². The third-order valence-electron chi connectivity index (χ3n) is 3.68. The molecule has 1 saturated carbocycles. The molecular formula is C18H23NO2. The van der Waals surface area contributed by atoms with Gasteiger partial charge in [0.1, 0.15) is 17.3 Å². The Bertz CT molecular complexity index is 569. The largest absolute Gasteiger partial charge is 0.490 e. The average Bonchev–Trinajstić information content (AvgIpc) is 3.21. The quantitative estimate of drug-likeness (QED) is 0.827. The first-order valence-corrected chi connectivity index (χ1v) is 7.82. The lowest BCUT2D eigenvalue weighted by atomic mass is 10.0. The van der Waals surface area contributed by atoms with Crippen LogP contribution in [0.1, 0.15) is 49.3 Å². The fourth-order valence-electron chi connectivity index (χ4n) is 2.40. The smallest absolute Gasteiger partial charge is 0.125 e. The van der Waals surface area contributed by atoms with Crippen LogP contribution in [-0.2, 0) is 0 Å². The predicted octanol–water partition coefficient (Wildman–Crippen LogP) is 4.22. The highest BCUT2D eigenvalue weighted by atomic mass is 16.5. The molecular weight excluding hydrogens is 262 g/mol. The summed E-state index contributed by atoms with van der Waals surface area (Å²) in [7, 11) is 0. The van der Waals surface area contributed by atoms with Gasteiger partial charge in [0.05, 0.1) is 12.1 Å². The first-order chi connectivity index (χ1) is 10.3. The van der Waals surface area contributed by atoms with E-state index in [1.54, 1.807) is 0 Å². The topological polar surface area (TPSA) is 34.4 Å². The van der Waals surface area contributed by atoms with Gasteiger partial charge in [0.25, 0.3) is 0 Å². The van der Waals surface area contributed by atoms with Gasteiger partial charge in [-0.2, -0.15) is 0 Å². The molecule has 2 aromatic rings. The number of rotatable bonds is 7. The average molecular weight is 285 g/mol. The van der Waals surface area contributed by atoms with Crippen LogP contribution in [-0.4, -0.2) is 12.6 Å². The normalized spacial score (nSPS) is 15.9. The van der Waals surface area contributed by atoms with Crippen LogP contribution in [0.15, 0.2) is 40.8 Å². The summed E-state index contributed by atoms with van der Waals surface area (Å²) in [6.07, 6.45) is 3.92. The van der Waals surface area contributed by atoms with Crippen molar-refractivity contribution in [2.75, 3.05) is 6.54 Å². The summed E-state index contributed by atoms with van der Waals surface area (Å²) < 4.78 is 11.6. The summed E-state index contributed by atoms with van der Waals surface area (Å²) in [6, 6.07) is 12.5. The summed E-state index contributed by atoms with van der Waals surface area (Å²) >= 11 is 0. The van der Waals surface area contributed by atoms with Gasteiger partial charge in [-0.25, -0.2) is 0 Å². The second-order valence-corrected chi connectivity index (χ2v) is 5.72. The van der Waals surface area contributed by atoms with Crippen molar-refractivity contribution >= 4 is 0 Å². The number of hydrogen-bond donors (Lipinski definition) is 1. The minimum atomic E-state index is 0.105. The van der Waals surface area contributed by atoms with Crippen molar-refractivity contribution in [2.24, 2.45) is 0 Å². The minimum absolute atomic E-state index is 0.105. The van der Waals surface area contributed by atoms with Gasteiger partial charge in [0.15, 0.2) is 0 Å². The first-order valence-electron chi connectivity index (χ1n) is 7.82. The Labute approximate surface area is 126 Å². The van der Waals surface area contributed by atoms with Crippen molar-refractivity contribution in [2.45, 2.75) is 45.3 Å². The highest BCUT2D eigenvalue weighted by Gasteiger charge is 2.23. The molecule has 1 atom stereocenters. The Morgan fingerprint density at radius 2 is 1.95 bits per heavy atom. The number of benzene rings is 1. The Kier molecular flexibility index (Phi) is 4.30. The molecule has 0 spiro atoms. The van der Waals surface area contributed by atoms with Crippen molar-refractivity contribution < 1.29 is 9.15 Å². The van der Waals surface area contributed by atoms with Gasteiger partial charge in [-0.3, -0.25) is 0 Å². The molecule has 1 aromatic heterocycles. The van der Waals surface area contributed by atoms with E-state index in [2.05, 4.69) is 42.6 Å². The van der Waals surface area contributed by atoms with E-state index >= 15 is 0 Å². The standard InChI is InChI=1S/C18H23NO2/c1-3-12-19-18(17-11-4-13(2)20-17)14-5-7-15(8-6-14)21-16-9-10-16/h4-8,11,16,18-19H,3,9-10,12H2,1-2H3. The number of nitrogens with one attached hydrogen (secondary N) is 1. The molecule has 1 aliphatic rings. The van der Waals surface area contributed by atoms with E-state index in [1.807, 2.05) is 13.0 Å². The molecule has 1 unspecified atom stereocenters. The zero-order valence-corrected chi connectivity index (χ0v) is 12.8. The highest BCUT2D eigenvalue weighted by Crippen LogP contribution is 2.29. The number of furan rings is 1. The van der Waals surface area contributed by atoms with Crippen LogP contribution in [0.4, 0.5) is 0 Å². The van der Waals surface area contributed by atoms with Crippen molar-refractivity contribution in [3.05, 3.63) is 53.5 Å². The highest BCUT2D eigenvalue weighted by molar-refractivity contribution is 5.33. The Morgan fingerprint density at radius 3 is 2.52 bits per heavy atom. The molecule has 3 heteroatoms. The maximum atomic E-state index is 5.81. The van der Waals surface area contributed by atoms with E-state index in [0.29, 0.717) is 6.10 Å². The summed E-state index contributed by atoms with van der Waals surface area (Å²) in [5.74, 6) is 2.88. The maximum absolute atomic E-state index is 5.81. The van der Waals surface area contributed by atoms with E-state index in [9.17, 15) is 0 Å². The molecule has 0 bridgehead atoms. The zero-order chi connectivity index (χ0) is 14.7. The molecule has 1 fully saturated rings. The van der Waals surface area contributed by atoms with Gasteiger partial charge < -0.3 is 14.5 Å². The molecule has 1 aliphatic carbocycles. The number of hydrogen-bond acceptors (Lipinski definition) is 3. The molecule has 0 aliphatic heterocycles. The minimum Gasteiger partial charge on any atom is -0.490 e. The molecule has 0 amide bonds. The molecule has 1 N–H and O–H groups in total. The molecule has 0 saturated heterocycles. The van der Waals surface area contributed by atoms with Crippen molar-refractivity contribution in [3.8, 4) is 5.75 Å². The van der Waals surface area contributed by atoms with Crippen LogP contribution >= 0.6 is 0 Å². The summed E-state index contributed by atoms with van der Waals surface area (Å²) in [4.78, 5) is 0. The lowest BCUT2D eigenvalue weighted by Gasteiger charge is -2.17. The number of aryl methyl sites for hydroxylation is 1. The van der Waals surface area contributed by atoms with E-state index in [-0.39, 0.29) is 6.04 Å². The van der Waals surface area contributed by atoms with Crippen LogP contribution in [0.2, 0.25) is 0 Å². The van der Waals surface area contributed by atoms with Gasteiger partial charge in [0.2, 0.25) is 0 Å². The van der Waals surface area contributed by atoms with E-state index in [4.69, 9.17) is 9.15 Å². The molecule has 3 rings (SSSR count). The monoisotopic (exact) mass is 285 g/mol. The van der Waals surface area contributed by atoms with E-state index < -0.39 is 0 Å². The Balaban J connectivity index is 1.77. The van der Waals surface area contributed by atoms with Crippen LogP contribution in [0.5, 0.6) is 5.75 Å². The van der Waals surface area contributed by atoms with Crippen LogP contribution < -0.4 is 10.1 Å². The number of ether oxygens (including phenoxy) is 1. The van der Waals surface area contributed by atoms with Gasteiger partial charge in [-0.15, -0.1) is 0 Å². The summed E-state index contributed by atoms with van der Waals surface area (Å²) in [5.41, 5.74) is 1.21. The first kappa shape index (κ1) is 14.2. The molecule has 1 heterocycles. The fourth-order valence-corrected chi connectivity index (χ4v) is 2.40. The van der Waals surface area contributed by atoms with Crippen LogP contribution in [0.3, 0.4) is 0 Å². The van der Waals surface area contributed by atoms with Gasteiger partial charge in [0, 0.05) is 0 Å². The molecule has 0 radical (unpaired) electrons. The van der Waals surface area contributed by atoms with Gasteiger partial charge in [-0.1, -0.05) is 19.1 Å². The Morgan fingerprint density at radius 1 is 1.19 bits per heavy atom. The third-order valence-corrected chi connectivity index (χ3v) is 3.68. The van der Waals surface area contributed by atoms with Crippen LogP contribution in [0.25, 0.3) is 0 Å². The van der Waals surface area contributed by atoms with Crippen molar-refractivity contribution in [1.82, 2.24) is 5.32 Å². The van der Waals surface area contributed by atoms with Gasteiger partial charge in [-0.05, 0) is 62.6 Å². The van der Waals surface area contributed by atoms with E-state index in [0.717, 1.165) is 30.2 Å². The summed E-state index contributed by atoms with van der Waals surface area (Å²) in [5, 5.41) is 3.55. The molecule has 3 nitrogen and oxygen atoms in total. The van der Waals surface area contributed by atoms with E-state index in [1.165, 1.54) is 18.4 Å². The van der Waals surface area contributed by atoms with Gasteiger partial charge >= 0.3 is 0 Å². The predicted molar refractivity (Wildman–Crippen MR) is 83.7 cm³/mol. The van der Waals surface area contributed by atoms with Crippen molar-refractivity contribution in [3.63, 3.8) is 0 Å².